The van der Waals surface area contributed by atoms with Crippen LogP contribution >= 0.6 is 0 Å². The van der Waals surface area contributed by atoms with Gasteiger partial charge in [-0.2, -0.15) is 4.52 Å². The van der Waals surface area contributed by atoms with Crippen molar-refractivity contribution in [3.8, 4) is 11.4 Å². The van der Waals surface area contributed by atoms with Crippen LogP contribution in [0.4, 0.5) is 5.82 Å². The van der Waals surface area contributed by atoms with Gasteiger partial charge < -0.3 is 10.2 Å². The fraction of sp³-hybridized carbons (Fsp3) is 0.308. The van der Waals surface area contributed by atoms with E-state index in [4.69, 9.17) is 5.10 Å². The Balaban J connectivity index is 1.26. The van der Waals surface area contributed by atoms with Crippen molar-refractivity contribution in [3.05, 3.63) is 77.9 Å². The fourth-order valence-corrected chi connectivity index (χ4v) is 4.36. The number of carbonyl (C=O) groups excluding carboxylic acids is 1. The lowest BCUT2D eigenvalue weighted by Crippen LogP contribution is -2.41. The second-order valence-electron chi connectivity index (χ2n) is 8.75. The summed E-state index contributed by atoms with van der Waals surface area (Å²) in [6.45, 7) is 5.68. The van der Waals surface area contributed by atoms with Gasteiger partial charge in [0.2, 0.25) is 5.91 Å². The first kappa shape index (κ1) is 21.1. The lowest BCUT2D eigenvalue weighted by molar-refractivity contribution is -0.126. The van der Waals surface area contributed by atoms with Crippen LogP contribution in [0.25, 0.3) is 17.0 Å². The number of aryl methyl sites for hydroxylation is 1. The Labute approximate surface area is 193 Å². The number of anilines is 1. The highest BCUT2D eigenvalue weighted by atomic mass is 16.1. The number of hydrogen-bond donors (Lipinski definition) is 1. The molecule has 1 fully saturated rings. The predicted octanol–water partition coefficient (Wildman–Crippen LogP) is 4.19. The third-order valence-corrected chi connectivity index (χ3v) is 6.41. The molecular formula is C26H28N6O. The topological polar surface area (TPSA) is 75.4 Å². The van der Waals surface area contributed by atoms with Gasteiger partial charge in [0.25, 0.3) is 0 Å². The standard InChI is InChI=1S/C26H28N6O/c1-18-8-10-21(11-9-18)25-29-28-23-12-13-24(30-32(23)25)31-16-14-22(15-17-31)26(33)27-19(2)20-6-4-3-5-7-20/h3-13,19,22H,14-17H2,1-2H3,(H,27,33)/t19-/m0/s1. The fourth-order valence-electron chi connectivity index (χ4n) is 4.36. The first-order valence-corrected chi connectivity index (χ1v) is 11.5. The second-order valence-corrected chi connectivity index (χ2v) is 8.75. The quantitative estimate of drug-likeness (QED) is 0.504. The number of nitrogens with zero attached hydrogens (tertiary/aromatic N) is 5. The maximum absolute atomic E-state index is 12.8. The summed E-state index contributed by atoms with van der Waals surface area (Å²) in [5.74, 6) is 1.77. The molecule has 2 aromatic heterocycles. The smallest absolute Gasteiger partial charge is 0.223 e. The zero-order valence-corrected chi connectivity index (χ0v) is 19.0. The van der Waals surface area contributed by atoms with Gasteiger partial charge in [-0.15, -0.1) is 15.3 Å². The van der Waals surface area contributed by atoms with Crippen molar-refractivity contribution >= 4 is 17.4 Å². The minimum absolute atomic E-state index is 0.00902. The van der Waals surface area contributed by atoms with Gasteiger partial charge in [0.1, 0.15) is 5.82 Å². The molecule has 0 radical (unpaired) electrons. The molecule has 1 aliphatic heterocycles. The number of nitrogens with one attached hydrogen (secondary N) is 1. The molecule has 0 unspecified atom stereocenters. The van der Waals surface area contributed by atoms with Crippen molar-refractivity contribution < 1.29 is 4.79 Å². The van der Waals surface area contributed by atoms with E-state index in [1.807, 2.05) is 61.5 Å². The molecule has 33 heavy (non-hydrogen) atoms. The SMILES string of the molecule is Cc1ccc(-c2nnc3ccc(N4CCC(C(=O)N[C@@H](C)c5ccccc5)CC4)nn23)cc1. The summed E-state index contributed by atoms with van der Waals surface area (Å²) in [5, 5.41) is 16.6. The van der Waals surface area contributed by atoms with Crippen LogP contribution in [0.2, 0.25) is 0 Å². The van der Waals surface area contributed by atoms with E-state index in [1.165, 1.54) is 5.56 Å². The van der Waals surface area contributed by atoms with Crippen LogP contribution in [-0.2, 0) is 4.79 Å². The maximum atomic E-state index is 12.8. The second kappa shape index (κ2) is 9.02. The minimum Gasteiger partial charge on any atom is -0.355 e. The Hall–Kier alpha value is -3.74. The zero-order chi connectivity index (χ0) is 22.8. The van der Waals surface area contributed by atoms with Crippen molar-refractivity contribution in [3.63, 3.8) is 0 Å². The number of rotatable bonds is 5. The van der Waals surface area contributed by atoms with E-state index in [0.717, 1.165) is 54.3 Å². The molecule has 168 valence electrons. The third-order valence-electron chi connectivity index (χ3n) is 6.41. The average Bonchev–Trinajstić information content (AvgIpc) is 3.28. The van der Waals surface area contributed by atoms with Crippen LogP contribution in [0.1, 0.15) is 36.9 Å². The highest BCUT2D eigenvalue weighted by molar-refractivity contribution is 5.79. The van der Waals surface area contributed by atoms with Crippen LogP contribution in [-0.4, -0.2) is 38.8 Å². The third kappa shape index (κ3) is 4.44. The molecule has 0 saturated carbocycles. The summed E-state index contributed by atoms with van der Waals surface area (Å²) in [6, 6.07) is 22.2. The van der Waals surface area contributed by atoms with Crippen LogP contribution in [0, 0.1) is 12.8 Å². The molecule has 1 aliphatic rings. The van der Waals surface area contributed by atoms with Crippen LogP contribution in [0.3, 0.4) is 0 Å². The molecule has 7 heteroatoms. The van der Waals surface area contributed by atoms with Gasteiger partial charge >= 0.3 is 0 Å². The summed E-state index contributed by atoms with van der Waals surface area (Å²) >= 11 is 0. The molecule has 3 heterocycles. The first-order valence-electron chi connectivity index (χ1n) is 11.5. The number of fused-ring (bicyclic) bond motifs is 1. The van der Waals surface area contributed by atoms with Gasteiger partial charge in [0, 0.05) is 24.6 Å². The van der Waals surface area contributed by atoms with E-state index in [1.54, 1.807) is 4.52 Å². The van der Waals surface area contributed by atoms with Gasteiger partial charge in [0.05, 0.1) is 6.04 Å². The van der Waals surface area contributed by atoms with Crippen LogP contribution in [0.15, 0.2) is 66.7 Å². The zero-order valence-electron chi connectivity index (χ0n) is 19.0. The van der Waals surface area contributed by atoms with Crippen LogP contribution < -0.4 is 10.2 Å². The van der Waals surface area contributed by atoms with Gasteiger partial charge in [-0.25, -0.2) is 0 Å². The molecule has 2 aromatic carbocycles. The Bertz CT molecular complexity index is 1240. The molecule has 0 bridgehead atoms. The van der Waals surface area contributed by atoms with E-state index in [-0.39, 0.29) is 17.9 Å². The number of piperidine rings is 1. The predicted molar refractivity (Wildman–Crippen MR) is 129 cm³/mol. The largest absolute Gasteiger partial charge is 0.355 e. The summed E-state index contributed by atoms with van der Waals surface area (Å²) in [7, 11) is 0. The lowest BCUT2D eigenvalue weighted by Gasteiger charge is -2.32. The number of benzene rings is 2. The summed E-state index contributed by atoms with van der Waals surface area (Å²) in [4.78, 5) is 15.1. The average molecular weight is 441 g/mol. The number of hydrogen-bond acceptors (Lipinski definition) is 5. The van der Waals surface area contributed by atoms with Crippen molar-refractivity contribution in [2.75, 3.05) is 18.0 Å². The number of aromatic nitrogens is 4. The first-order chi connectivity index (χ1) is 16.1. The molecule has 7 nitrogen and oxygen atoms in total. The number of amides is 1. The number of carbonyl (C=O) groups is 1. The van der Waals surface area contributed by atoms with Crippen molar-refractivity contribution in [1.82, 2.24) is 25.1 Å². The van der Waals surface area contributed by atoms with E-state index in [0.29, 0.717) is 0 Å². The Morgan fingerprint density at radius 1 is 0.970 bits per heavy atom. The monoisotopic (exact) mass is 440 g/mol. The Kier molecular flexibility index (Phi) is 5.77. The van der Waals surface area contributed by atoms with E-state index < -0.39 is 0 Å². The van der Waals surface area contributed by atoms with Crippen molar-refractivity contribution in [2.45, 2.75) is 32.7 Å². The highest BCUT2D eigenvalue weighted by Gasteiger charge is 2.27. The molecular weight excluding hydrogens is 412 g/mol. The Morgan fingerprint density at radius 2 is 1.70 bits per heavy atom. The minimum atomic E-state index is 0.00902. The highest BCUT2D eigenvalue weighted by Crippen LogP contribution is 2.25. The normalized spacial score (nSPS) is 15.5. The van der Waals surface area contributed by atoms with Gasteiger partial charge in [-0.1, -0.05) is 60.2 Å². The molecule has 4 aromatic rings. The maximum Gasteiger partial charge on any atom is 0.223 e. The lowest BCUT2D eigenvalue weighted by atomic mass is 9.95. The summed E-state index contributed by atoms with van der Waals surface area (Å²) < 4.78 is 1.81. The van der Waals surface area contributed by atoms with Gasteiger partial charge in [0.15, 0.2) is 11.5 Å². The molecule has 1 atom stereocenters. The molecule has 5 rings (SSSR count). The van der Waals surface area contributed by atoms with E-state index >= 15 is 0 Å². The molecule has 1 saturated heterocycles. The molecule has 0 aliphatic carbocycles. The van der Waals surface area contributed by atoms with Gasteiger partial charge in [-0.05, 0) is 44.4 Å². The van der Waals surface area contributed by atoms with Gasteiger partial charge in [-0.3, -0.25) is 4.79 Å². The van der Waals surface area contributed by atoms with E-state index in [2.05, 4.69) is 39.5 Å². The van der Waals surface area contributed by atoms with E-state index in [9.17, 15) is 4.79 Å². The summed E-state index contributed by atoms with van der Waals surface area (Å²) in [6.07, 6.45) is 1.61. The molecule has 1 amide bonds. The van der Waals surface area contributed by atoms with Crippen molar-refractivity contribution in [2.24, 2.45) is 5.92 Å². The Morgan fingerprint density at radius 3 is 2.42 bits per heavy atom. The molecule has 1 N–H and O–H groups in total. The van der Waals surface area contributed by atoms with Crippen molar-refractivity contribution in [1.29, 1.82) is 0 Å². The molecule has 0 spiro atoms. The summed E-state index contributed by atoms with van der Waals surface area (Å²) in [5.41, 5.74) is 4.03. The van der Waals surface area contributed by atoms with Crippen LogP contribution in [0.5, 0.6) is 0 Å².